The van der Waals surface area contributed by atoms with E-state index < -0.39 is 0 Å². The molecule has 1 aliphatic heterocycles. The molecule has 0 radical (unpaired) electrons. The van der Waals surface area contributed by atoms with Crippen LogP contribution in [0.15, 0.2) is 30.3 Å². The van der Waals surface area contributed by atoms with Crippen molar-refractivity contribution in [3.05, 3.63) is 47.0 Å². The number of benzene rings is 2. The van der Waals surface area contributed by atoms with Gasteiger partial charge >= 0.3 is 0 Å². The summed E-state index contributed by atoms with van der Waals surface area (Å²) in [5, 5.41) is 11.2. The molecule has 0 aromatic heterocycles. The third kappa shape index (κ3) is 2.27. The fourth-order valence-electron chi connectivity index (χ4n) is 7.44. The van der Waals surface area contributed by atoms with Crippen LogP contribution < -0.4 is 4.74 Å². The number of aromatic hydroxyl groups is 1. The molecule has 0 spiro atoms. The fraction of sp³-hybridized carbons (Fsp3) is 0.538. The van der Waals surface area contributed by atoms with Crippen molar-refractivity contribution in [2.24, 2.45) is 17.8 Å². The lowest BCUT2D eigenvalue weighted by molar-refractivity contribution is -0.00555. The number of hydrogen-bond donors (Lipinski definition) is 1. The number of fused-ring (bicyclic) bond motifs is 3. The average Bonchev–Trinajstić information content (AvgIpc) is 2.59. The Morgan fingerprint density at radius 3 is 2.21 bits per heavy atom. The summed E-state index contributed by atoms with van der Waals surface area (Å²) >= 11 is 0. The van der Waals surface area contributed by atoms with Crippen molar-refractivity contribution in [3.63, 3.8) is 0 Å². The third-order valence-corrected chi connectivity index (χ3v) is 8.19. The van der Waals surface area contributed by atoms with Crippen molar-refractivity contribution in [3.8, 4) is 22.6 Å². The van der Waals surface area contributed by atoms with Gasteiger partial charge in [0, 0.05) is 5.56 Å². The molecular formula is C26H30O2. The molecule has 0 amide bonds. The normalized spacial score (nSPS) is 33.9. The van der Waals surface area contributed by atoms with Gasteiger partial charge in [-0.2, -0.15) is 0 Å². The Balaban J connectivity index is 1.52. The summed E-state index contributed by atoms with van der Waals surface area (Å²) in [6.07, 6.45) is 8.22. The largest absolute Gasteiger partial charge is 0.507 e. The van der Waals surface area contributed by atoms with Crippen molar-refractivity contribution in [2.75, 3.05) is 0 Å². The van der Waals surface area contributed by atoms with Crippen molar-refractivity contribution >= 4 is 0 Å². The van der Waals surface area contributed by atoms with Crippen LogP contribution in [0.4, 0.5) is 0 Å². The molecule has 2 nitrogen and oxygen atoms in total. The van der Waals surface area contributed by atoms with Gasteiger partial charge in [-0.3, -0.25) is 0 Å². The van der Waals surface area contributed by atoms with Gasteiger partial charge in [0.15, 0.2) is 0 Å². The number of rotatable bonds is 1. The van der Waals surface area contributed by atoms with Crippen LogP contribution in [0.5, 0.6) is 11.5 Å². The monoisotopic (exact) mass is 374 g/mol. The molecule has 5 aliphatic rings. The van der Waals surface area contributed by atoms with E-state index in [2.05, 4.69) is 51.1 Å². The molecule has 4 saturated carbocycles. The number of phenolic OH excluding ortho intramolecular Hbond substituents is 1. The zero-order chi connectivity index (χ0) is 19.3. The molecule has 2 heteroatoms. The van der Waals surface area contributed by atoms with Crippen LogP contribution in [0.2, 0.25) is 0 Å². The SMILES string of the molecule is Cc1ccc2c(c1)-c1c(O)cc(C34CC5CC(CC(C5)C3)C4)cc1OC2(C)C. The Labute approximate surface area is 167 Å². The maximum absolute atomic E-state index is 11.2. The molecule has 7 rings (SSSR count). The molecule has 0 unspecified atom stereocenters. The van der Waals surface area contributed by atoms with Crippen molar-refractivity contribution < 1.29 is 9.84 Å². The van der Waals surface area contributed by atoms with Gasteiger partial charge in [-0.05, 0) is 106 Å². The first kappa shape index (κ1) is 16.9. The van der Waals surface area contributed by atoms with E-state index >= 15 is 0 Å². The van der Waals surface area contributed by atoms with E-state index in [1.807, 2.05) is 0 Å². The molecular weight excluding hydrogens is 344 g/mol. The smallest absolute Gasteiger partial charge is 0.132 e. The lowest BCUT2D eigenvalue weighted by Crippen LogP contribution is -2.48. The summed E-state index contributed by atoms with van der Waals surface area (Å²) in [7, 11) is 0. The summed E-state index contributed by atoms with van der Waals surface area (Å²) in [5.41, 5.74) is 5.59. The molecule has 0 saturated heterocycles. The summed E-state index contributed by atoms with van der Waals surface area (Å²) in [4.78, 5) is 0. The minimum absolute atomic E-state index is 0.266. The molecule has 2 aromatic rings. The van der Waals surface area contributed by atoms with Crippen LogP contribution >= 0.6 is 0 Å². The Hall–Kier alpha value is -1.96. The number of hydrogen-bond acceptors (Lipinski definition) is 2. The van der Waals surface area contributed by atoms with Gasteiger partial charge in [0.05, 0.1) is 5.56 Å². The summed E-state index contributed by atoms with van der Waals surface area (Å²) in [6, 6.07) is 10.9. The Kier molecular flexibility index (Phi) is 3.23. The van der Waals surface area contributed by atoms with Crippen molar-refractivity contribution in [1.82, 2.24) is 0 Å². The highest BCUT2D eigenvalue weighted by Crippen LogP contribution is 2.62. The third-order valence-electron chi connectivity index (χ3n) is 8.19. The molecule has 4 fully saturated rings. The minimum atomic E-state index is -0.386. The first-order valence-electron chi connectivity index (χ1n) is 11.0. The minimum Gasteiger partial charge on any atom is -0.507 e. The van der Waals surface area contributed by atoms with Crippen LogP contribution in [0.3, 0.4) is 0 Å². The van der Waals surface area contributed by atoms with Gasteiger partial charge < -0.3 is 9.84 Å². The topological polar surface area (TPSA) is 29.5 Å². The van der Waals surface area contributed by atoms with Crippen LogP contribution in [0, 0.1) is 24.7 Å². The molecule has 2 aromatic carbocycles. The van der Waals surface area contributed by atoms with Crippen LogP contribution in [0.25, 0.3) is 11.1 Å². The fourth-order valence-corrected chi connectivity index (χ4v) is 7.44. The van der Waals surface area contributed by atoms with E-state index in [-0.39, 0.29) is 11.0 Å². The molecule has 146 valence electrons. The summed E-state index contributed by atoms with van der Waals surface area (Å²) < 4.78 is 6.51. The van der Waals surface area contributed by atoms with Gasteiger partial charge in [-0.25, -0.2) is 0 Å². The lowest BCUT2D eigenvalue weighted by Gasteiger charge is -2.57. The Bertz CT molecular complexity index is 949. The molecule has 4 bridgehead atoms. The zero-order valence-electron chi connectivity index (χ0n) is 17.2. The zero-order valence-corrected chi connectivity index (χ0v) is 17.2. The highest BCUT2D eigenvalue weighted by Gasteiger charge is 2.52. The molecule has 1 N–H and O–H groups in total. The first-order chi connectivity index (χ1) is 13.3. The molecule has 28 heavy (non-hydrogen) atoms. The van der Waals surface area contributed by atoms with Crippen LogP contribution in [-0.2, 0) is 11.0 Å². The maximum atomic E-state index is 11.2. The first-order valence-corrected chi connectivity index (χ1v) is 11.0. The molecule has 1 heterocycles. The predicted molar refractivity (Wildman–Crippen MR) is 112 cm³/mol. The van der Waals surface area contributed by atoms with Gasteiger partial charge in [-0.15, -0.1) is 0 Å². The Morgan fingerprint density at radius 2 is 1.57 bits per heavy atom. The lowest BCUT2D eigenvalue weighted by atomic mass is 9.48. The number of phenols is 1. The van der Waals surface area contributed by atoms with Gasteiger partial charge in [0.1, 0.15) is 17.1 Å². The summed E-state index contributed by atoms with van der Waals surface area (Å²) in [5.74, 6) is 3.94. The van der Waals surface area contributed by atoms with Gasteiger partial charge in [0.2, 0.25) is 0 Å². The van der Waals surface area contributed by atoms with E-state index in [4.69, 9.17) is 4.74 Å². The van der Waals surface area contributed by atoms with Crippen LogP contribution in [-0.4, -0.2) is 5.11 Å². The Morgan fingerprint density at radius 1 is 0.929 bits per heavy atom. The van der Waals surface area contributed by atoms with E-state index in [0.29, 0.717) is 5.75 Å². The maximum Gasteiger partial charge on any atom is 0.132 e. The quantitative estimate of drug-likeness (QED) is 0.620. The highest BCUT2D eigenvalue weighted by molar-refractivity contribution is 5.82. The molecule has 0 atom stereocenters. The van der Waals surface area contributed by atoms with Gasteiger partial charge in [-0.1, -0.05) is 23.8 Å². The van der Waals surface area contributed by atoms with Crippen LogP contribution in [0.1, 0.15) is 69.1 Å². The number of aryl methyl sites for hydroxylation is 1. The van der Waals surface area contributed by atoms with E-state index in [1.165, 1.54) is 49.7 Å². The average molecular weight is 375 g/mol. The second-order valence-corrected chi connectivity index (χ2v) is 10.7. The standard InChI is InChI=1S/C26H30O2/c1-15-4-5-21-20(6-15)24-22(27)10-19(11-23(24)28-25(21,2)3)26-12-16-7-17(13-26)9-18(8-16)14-26/h4-6,10-11,16-18,27H,7-9,12-14H2,1-3H3. The second-order valence-electron chi connectivity index (χ2n) is 10.7. The second kappa shape index (κ2) is 5.34. The highest BCUT2D eigenvalue weighted by atomic mass is 16.5. The van der Waals surface area contributed by atoms with Gasteiger partial charge in [0.25, 0.3) is 0 Å². The summed E-state index contributed by atoms with van der Waals surface area (Å²) in [6.45, 7) is 6.39. The van der Waals surface area contributed by atoms with E-state index in [0.717, 1.165) is 40.2 Å². The van der Waals surface area contributed by atoms with Crippen molar-refractivity contribution in [2.45, 2.75) is 70.3 Å². The van der Waals surface area contributed by atoms with E-state index in [9.17, 15) is 5.11 Å². The molecule has 4 aliphatic carbocycles. The van der Waals surface area contributed by atoms with E-state index in [1.54, 1.807) is 0 Å². The predicted octanol–water partition coefficient (Wildman–Crippen LogP) is 6.46. The van der Waals surface area contributed by atoms with Crippen molar-refractivity contribution in [1.29, 1.82) is 0 Å². The number of ether oxygens (including phenoxy) is 1.